The molecule has 0 amide bonds. The van der Waals surface area contributed by atoms with Crippen molar-refractivity contribution in [3.05, 3.63) is 23.2 Å². The highest BCUT2D eigenvalue weighted by Gasteiger charge is 2.11. The fourth-order valence-electron chi connectivity index (χ4n) is 1.86. The summed E-state index contributed by atoms with van der Waals surface area (Å²) in [4.78, 5) is 0. The summed E-state index contributed by atoms with van der Waals surface area (Å²) < 4.78 is 5.51. The lowest BCUT2D eigenvalue weighted by Crippen LogP contribution is -2.19. The lowest BCUT2D eigenvalue weighted by Gasteiger charge is -2.12. The van der Waals surface area contributed by atoms with Gasteiger partial charge in [-0.1, -0.05) is 0 Å². The number of hydrogen-bond acceptors (Lipinski definition) is 2. The second-order valence-corrected chi connectivity index (χ2v) is 4.21. The molecule has 1 aromatic rings. The fraction of sp³-hybridized carbons (Fsp3) is 0.571. The predicted octanol–water partition coefficient (Wildman–Crippen LogP) is 3.35. The van der Waals surface area contributed by atoms with Crippen molar-refractivity contribution in [1.29, 1.82) is 0 Å². The largest absolute Gasteiger partial charge is 0.466 e. The van der Waals surface area contributed by atoms with Gasteiger partial charge in [-0.25, -0.2) is 0 Å². The van der Waals surface area contributed by atoms with Gasteiger partial charge in [-0.15, -0.1) is 12.3 Å². The van der Waals surface area contributed by atoms with Gasteiger partial charge in [0.2, 0.25) is 0 Å². The van der Waals surface area contributed by atoms with Crippen LogP contribution in [0, 0.1) is 26.2 Å². The molecule has 0 radical (unpaired) electrons. The molecule has 1 aromatic heterocycles. The quantitative estimate of drug-likeness (QED) is 0.586. The van der Waals surface area contributed by atoms with E-state index in [-0.39, 0.29) is 0 Å². The first kappa shape index (κ1) is 12.9. The molecule has 0 aromatic carbocycles. The van der Waals surface area contributed by atoms with Crippen LogP contribution in [0.2, 0.25) is 0 Å². The maximum absolute atomic E-state index is 5.51. The lowest BCUT2D eigenvalue weighted by molar-refractivity contribution is 0.487. The third-order valence-electron chi connectivity index (χ3n) is 2.74. The van der Waals surface area contributed by atoms with Crippen molar-refractivity contribution in [3.63, 3.8) is 0 Å². The molecule has 0 spiro atoms. The van der Waals surface area contributed by atoms with Crippen LogP contribution in [0.1, 0.15) is 49.3 Å². The number of hydrogen-bond donors (Lipinski definition) is 1. The molecule has 0 bridgehead atoms. The molecule has 0 aliphatic carbocycles. The number of furan rings is 1. The van der Waals surface area contributed by atoms with E-state index < -0.39 is 0 Å². The number of nitrogens with one attached hydrogen (secondary N) is 1. The molecule has 0 saturated carbocycles. The van der Waals surface area contributed by atoms with Gasteiger partial charge >= 0.3 is 0 Å². The van der Waals surface area contributed by atoms with Gasteiger partial charge in [0, 0.05) is 18.0 Å². The molecular formula is C14H21NO. The Bertz CT molecular complexity index is 359. The molecule has 1 atom stereocenters. The lowest BCUT2D eigenvalue weighted by atomic mass is 10.1. The maximum Gasteiger partial charge on any atom is 0.105 e. The van der Waals surface area contributed by atoms with E-state index in [1.165, 1.54) is 5.56 Å². The van der Waals surface area contributed by atoms with Crippen LogP contribution in [0.15, 0.2) is 10.5 Å². The van der Waals surface area contributed by atoms with Crippen LogP contribution in [-0.4, -0.2) is 6.54 Å². The average Bonchev–Trinajstić information content (AvgIpc) is 2.57. The first-order chi connectivity index (χ1) is 7.65. The van der Waals surface area contributed by atoms with Crippen LogP contribution in [0.4, 0.5) is 0 Å². The van der Waals surface area contributed by atoms with Crippen LogP contribution in [0.5, 0.6) is 0 Å². The highest BCUT2D eigenvalue weighted by atomic mass is 16.3. The van der Waals surface area contributed by atoms with E-state index in [9.17, 15) is 0 Å². The number of rotatable bonds is 6. The van der Waals surface area contributed by atoms with Crippen molar-refractivity contribution in [2.45, 2.75) is 46.1 Å². The van der Waals surface area contributed by atoms with E-state index in [1.807, 2.05) is 13.8 Å². The SMILES string of the molecule is C#CCCCCNC(C)c1cc(C)oc1C. The Morgan fingerprint density at radius 2 is 2.19 bits per heavy atom. The van der Waals surface area contributed by atoms with E-state index in [4.69, 9.17) is 10.8 Å². The van der Waals surface area contributed by atoms with Crippen molar-refractivity contribution in [2.75, 3.05) is 6.54 Å². The minimum absolute atomic E-state index is 0.350. The zero-order chi connectivity index (χ0) is 12.0. The zero-order valence-corrected chi connectivity index (χ0v) is 10.5. The summed E-state index contributed by atoms with van der Waals surface area (Å²) in [5, 5.41) is 3.48. The van der Waals surface area contributed by atoms with E-state index >= 15 is 0 Å². The maximum atomic E-state index is 5.51. The summed E-state index contributed by atoms with van der Waals surface area (Å²) in [6.07, 6.45) is 8.30. The van der Waals surface area contributed by atoms with Gasteiger partial charge in [0.1, 0.15) is 11.5 Å². The number of unbranched alkanes of at least 4 members (excludes halogenated alkanes) is 2. The fourth-order valence-corrected chi connectivity index (χ4v) is 1.86. The van der Waals surface area contributed by atoms with Gasteiger partial charge < -0.3 is 9.73 Å². The van der Waals surface area contributed by atoms with Gasteiger partial charge in [-0.2, -0.15) is 0 Å². The second-order valence-electron chi connectivity index (χ2n) is 4.21. The molecular weight excluding hydrogens is 198 g/mol. The Morgan fingerprint density at radius 1 is 1.44 bits per heavy atom. The average molecular weight is 219 g/mol. The molecule has 1 rings (SSSR count). The second kappa shape index (κ2) is 6.40. The molecule has 0 fully saturated rings. The van der Waals surface area contributed by atoms with Crippen molar-refractivity contribution >= 4 is 0 Å². The first-order valence-electron chi connectivity index (χ1n) is 5.89. The minimum Gasteiger partial charge on any atom is -0.466 e. The van der Waals surface area contributed by atoms with Crippen LogP contribution in [0.25, 0.3) is 0 Å². The normalized spacial score (nSPS) is 12.4. The Kier molecular flexibility index (Phi) is 5.14. The van der Waals surface area contributed by atoms with Gasteiger partial charge in [-0.3, -0.25) is 0 Å². The van der Waals surface area contributed by atoms with Gasteiger partial charge in [0.05, 0.1) is 0 Å². The van der Waals surface area contributed by atoms with Gasteiger partial charge in [0.25, 0.3) is 0 Å². The Balaban J connectivity index is 2.33. The van der Waals surface area contributed by atoms with E-state index in [1.54, 1.807) is 0 Å². The molecule has 88 valence electrons. The number of terminal acetylenes is 1. The Hall–Kier alpha value is -1.20. The highest BCUT2D eigenvalue weighted by Crippen LogP contribution is 2.20. The van der Waals surface area contributed by atoms with E-state index in [2.05, 4.69) is 24.2 Å². The van der Waals surface area contributed by atoms with Crippen molar-refractivity contribution in [1.82, 2.24) is 5.32 Å². The topological polar surface area (TPSA) is 25.2 Å². The van der Waals surface area contributed by atoms with Crippen LogP contribution in [-0.2, 0) is 0 Å². The third kappa shape index (κ3) is 3.75. The molecule has 0 saturated heterocycles. The smallest absolute Gasteiger partial charge is 0.105 e. The predicted molar refractivity (Wildman–Crippen MR) is 67.3 cm³/mol. The first-order valence-corrected chi connectivity index (χ1v) is 5.89. The summed E-state index contributed by atoms with van der Waals surface area (Å²) in [7, 11) is 0. The van der Waals surface area contributed by atoms with E-state index in [0.29, 0.717) is 6.04 Å². The van der Waals surface area contributed by atoms with Crippen LogP contribution >= 0.6 is 0 Å². The number of aryl methyl sites for hydroxylation is 2. The Labute approximate surface area is 98.4 Å². The van der Waals surface area contributed by atoms with Crippen molar-refractivity contribution in [2.24, 2.45) is 0 Å². The molecule has 0 aliphatic rings. The molecule has 2 heteroatoms. The minimum atomic E-state index is 0.350. The van der Waals surface area contributed by atoms with Crippen molar-refractivity contribution in [3.8, 4) is 12.3 Å². The summed E-state index contributed by atoms with van der Waals surface area (Å²) in [5.41, 5.74) is 1.26. The molecule has 16 heavy (non-hydrogen) atoms. The molecule has 1 heterocycles. The summed E-state index contributed by atoms with van der Waals surface area (Å²) in [5.74, 6) is 4.65. The summed E-state index contributed by atoms with van der Waals surface area (Å²) >= 11 is 0. The van der Waals surface area contributed by atoms with E-state index in [0.717, 1.165) is 37.3 Å². The summed E-state index contributed by atoms with van der Waals surface area (Å²) in [6.45, 7) is 7.17. The van der Waals surface area contributed by atoms with Gasteiger partial charge in [-0.05, 0) is 46.2 Å². The summed E-state index contributed by atoms with van der Waals surface area (Å²) in [6, 6.07) is 2.46. The zero-order valence-electron chi connectivity index (χ0n) is 10.5. The van der Waals surface area contributed by atoms with Gasteiger partial charge in [0.15, 0.2) is 0 Å². The van der Waals surface area contributed by atoms with Crippen molar-refractivity contribution < 1.29 is 4.42 Å². The third-order valence-corrected chi connectivity index (χ3v) is 2.74. The van der Waals surface area contributed by atoms with Crippen LogP contribution < -0.4 is 5.32 Å². The molecule has 1 unspecified atom stereocenters. The Morgan fingerprint density at radius 3 is 2.75 bits per heavy atom. The standard InChI is InChI=1S/C14H21NO/c1-5-6-7-8-9-15-12(3)14-10-11(2)16-13(14)4/h1,10,12,15H,6-9H2,2-4H3. The molecule has 0 aliphatic heterocycles. The molecule has 2 nitrogen and oxygen atoms in total. The van der Waals surface area contributed by atoms with Crippen LogP contribution in [0.3, 0.4) is 0 Å². The highest BCUT2D eigenvalue weighted by molar-refractivity contribution is 5.23. The monoisotopic (exact) mass is 219 g/mol. The molecule has 1 N–H and O–H groups in total.